The van der Waals surface area contributed by atoms with Gasteiger partial charge in [-0.15, -0.1) is 0 Å². The highest BCUT2D eigenvalue weighted by atomic mass is 32.2. The standard InChI is InChI=1S/C21H23N5O2S/c1-29-21-23-7-8-26(21)18-4-2-3-17(14-18)20(27)24-15-16-5-6-22-19(13-16)25-9-11-28-12-10-25/h2-8,13-14H,9-12,15H2,1H3,(H,24,27). The summed E-state index contributed by atoms with van der Waals surface area (Å²) in [6.45, 7) is 3.55. The Morgan fingerprint density at radius 3 is 2.86 bits per heavy atom. The lowest BCUT2D eigenvalue weighted by Crippen LogP contribution is -2.36. The maximum atomic E-state index is 12.7. The van der Waals surface area contributed by atoms with Crippen molar-refractivity contribution in [3.05, 3.63) is 66.1 Å². The minimum atomic E-state index is -0.109. The number of nitrogens with zero attached hydrogens (tertiary/aromatic N) is 4. The molecule has 1 aromatic carbocycles. The summed E-state index contributed by atoms with van der Waals surface area (Å²) in [5, 5.41) is 3.89. The second-order valence-electron chi connectivity index (χ2n) is 6.64. The lowest BCUT2D eigenvalue weighted by molar-refractivity contribution is 0.0951. The van der Waals surface area contributed by atoms with Crippen molar-refractivity contribution in [1.29, 1.82) is 0 Å². The van der Waals surface area contributed by atoms with Gasteiger partial charge in [-0.3, -0.25) is 9.36 Å². The third kappa shape index (κ3) is 4.60. The fourth-order valence-corrected chi connectivity index (χ4v) is 3.78. The van der Waals surface area contributed by atoms with Crippen molar-refractivity contribution in [2.45, 2.75) is 11.7 Å². The monoisotopic (exact) mass is 409 g/mol. The molecule has 0 saturated carbocycles. The number of nitrogens with one attached hydrogen (secondary N) is 1. The summed E-state index contributed by atoms with van der Waals surface area (Å²) < 4.78 is 7.37. The molecule has 29 heavy (non-hydrogen) atoms. The Labute approximate surface area is 174 Å². The van der Waals surface area contributed by atoms with Gasteiger partial charge in [0.25, 0.3) is 5.91 Å². The quantitative estimate of drug-likeness (QED) is 0.631. The predicted octanol–water partition coefficient (Wildman–Crippen LogP) is 2.76. The second-order valence-corrected chi connectivity index (χ2v) is 7.41. The molecule has 150 valence electrons. The third-order valence-corrected chi connectivity index (χ3v) is 5.44. The third-order valence-electron chi connectivity index (χ3n) is 4.77. The van der Waals surface area contributed by atoms with Crippen LogP contribution in [-0.2, 0) is 11.3 Å². The van der Waals surface area contributed by atoms with Crippen LogP contribution in [0.4, 0.5) is 5.82 Å². The number of amides is 1. The topological polar surface area (TPSA) is 72.3 Å². The van der Waals surface area contributed by atoms with Crippen LogP contribution in [0.15, 0.2) is 60.1 Å². The van der Waals surface area contributed by atoms with E-state index in [1.165, 1.54) is 0 Å². The number of imidazole rings is 1. The van der Waals surface area contributed by atoms with Gasteiger partial charge in [-0.25, -0.2) is 9.97 Å². The number of ether oxygens (including phenoxy) is 1. The van der Waals surface area contributed by atoms with Gasteiger partial charge < -0.3 is 15.0 Å². The van der Waals surface area contributed by atoms with E-state index >= 15 is 0 Å². The molecule has 2 aromatic heterocycles. The van der Waals surface area contributed by atoms with E-state index in [9.17, 15) is 4.79 Å². The van der Waals surface area contributed by atoms with Gasteiger partial charge in [0.15, 0.2) is 5.16 Å². The maximum Gasteiger partial charge on any atom is 0.251 e. The van der Waals surface area contributed by atoms with Gasteiger partial charge in [-0.05, 0) is 42.2 Å². The molecule has 0 bridgehead atoms. The molecule has 0 spiro atoms. The molecule has 8 heteroatoms. The summed E-state index contributed by atoms with van der Waals surface area (Å²) in [5.41, 5.74) is 2.55. The number of morpholine rings is 1. The maximum absolute atomic E-state index is 12.7. The van der Waals surface area contributed by atoms with E-state index in [2.05, 4.69) is 20.2 Å². The Kier molecular flexibility index (Phi) is 6.12. The van der Waals surface area contributed by atoms with Crippen molar-refractivity contribution in [1.82, 2.24) is 19.9 Å². The summed E-state index contributed by atoms with van der Waals surface area (Å²) in [5.74, 6) is 0.814. The molecule has 0 aliphatic carbocycles. The van der Waals surface area contributed by atoms with Crippen molar-refractivity contribution in [2.24, 2.45) is 0 Å². The Morgan fingerprint density at radius 2 is 2.03 bits per heavy atom. The number of aromatic nitrogens is 3. The van der Waals surface area contributed by atoms with Gasteiger partial charge in [-0.1, -0.05) is 17.8 Å². The normalized spacial score (nSPS) is 14.0. The molecule has 7 nitrogen and oxygen atoms in total. The average molecular weight is 410 g/mol. The predicted molar refractivity (Wildman–Crippen MR) is 114 cm³/mol. The first-order chi connectivity index (χ1) is 14.2. The van der Waals surface area contributed by atoms with Crippen LogP contribution in [0.25, 0.3) is 5.69 Å². The van der Waals surface area contributed by atoms with Gasteiger partial charge in [0.2, 0.25) is 0 Å². The van der Waals surface area contributed by atoms with E-state index in [-0.39, 0.29) is 5.91 Å². The molecule has 0 radical (unpaired) electrons. The minimum absolute atomic E-state index is 0.109. The number of rotatable bonds is 6. The molecule has 1 saturated heterocycles. The lowest BCUT2D eigenvalue weighted by Gasteiger charge is -2.28. The highest BCUT2D eigenvalue weighted by molar-refractivity contribution is 7.98. The van der Waals surface area contributed by atoms with Gasteiger partial charge in [-0.2, -0.15) is 0 Å². The SMILES string of the molecule is CSc1nccn1-c1cccc(C(=O)NCc2ccnc(N3CCOCC3)c2)c1. The van der Waals surface area contributed by atoms with E-state index in [0.717, 1.165) is 35.3 Å². The lowest BCUT2D eigenvalue weighted by atomic mass is 10.1. The van der Waals surface area contributed by atoms with Gasteiger partial charge >= 0.3 is 0 Å². The first kappa shape index (κ1) is 19.5. The van der Waals surface area contributed by atoms with Crippen molar-refractivity contribution < 1.29 is 9.53 Å². The second kappa shape index (κ2) is 9.11. The van der Waals surface area contributed by atoms with E-state index in [1.807, 2.05) is 53.4 Å². The van der Waals surface area contributed by atoms with Crippen LogP contribution in [0.5, 0.6) is 0 Å². The summed E-state index contributed by atoms with van der Waals surface area (Å²) in [4.78, 5) is 23.7. The average Bonchev–Trinajstić information content (AvgIpc) is 3.27. The molecule has 1 N–H and O–H groups in total. The number of pyridine rings is 1. The van der Waals surface area contributed by atoms with Crippen LogP contribution in [0.1, 0.15) is 15.9 Å². The largest absolute Gasteiger partial charge is 0.378 e. The first-order valence-corrected chi connectivity index (χ1v) is 10.7. The fourth-order valence-electron chi connectivity index (χ4n) is 3.25. The van der Waals surface area contributed by atoms with Crippen molar-refractivity contribution in [2.75, 3.05) is 37.5 Å². The highest BCUT2D eigenvalue weighted by Gasteiger charge is 2.13. The molecular weight excluding hydrogens is 386 g/mol. The summed E-state index contributed by atoms with van der Waals surface area (Å²) >= 11 is 1.57. The number of anilines is 1. The van der Waals surface area contributed by atoms with Crippen LogP contribution in [-0.4, -0.2) is 53.0 Å². The Balaban J connectivity index is 1.43. The number of hydrogen-bond acceptors (Lipinski definition) is 6. The molecule has 3 heterocycles. The van der Waals surface area contributed by atoms with Gasteiger partial charge in [0.1, 0.15) is 5.82 Å². The number of hydrogen-bond donors (Lipinski definition) is 1. The van der Waals surface area contributed by atoms with Crippen LogP contribution in [0.3, 0.4) is 0 Å². The first-order valence-electron chi connectivity index (χ1n) is 9.48. The Hall–Kier alpha value is -2.84. The van der Waals surface area contributed by atoms with Gasteiger partial charge in [0, 0.05) is 49.5 Å². The zero-order valence-electron chi connectivity index (χ0n) is 16.2. The van der Waals surface area contributed by atoms with Crippen LogP contribution >= 0.6 is 11.8 Å². The fraction of sp³-hybridized carbons (Fsp3) is 0.286. The summed E-state index contributed by atoms with van der Waals surface area (Å²) in [6.07, 6.45) is 7.42. The number of carbonyl (C=O) groups is 1. The van der Waals surface area contributed by atoms with E-state index < -0.39 is 0 Å². The number of carbonyl (C=O) groups excluding carboxylic acids is 1. The Bertz CT molecular complexity index is 984. The van der Waals surface area contributed by atoms with Crippen molar-refractivity contribution in [3.63, 3.8) is 0 Å². The molecule has 3 aromatic rings. The summed E-state index contributed by atoms with van der Waals surface area (Å²) in [6, 6.07) is 11.5. The molecule has 0 atom stereocenters. The molecule has 4 rings (SSSR count). The summed E-state index contributed by atoms with van der Waals surface area (Å²) in [7, 11) is 0. The van der Waals surface area contributed by atoms with Crippen molar-refractivity contribution in [3.8, 4) is 5.69 Å². The number of thioether (sulfide) groups is 1. The van der Waals surface area contributed by atoms with Gasteiger partial charge in [0.05, 0.1) is 13.2 Å². The molecule has 0 unspecified atom stereocenters. The zero-order chi connectivity index (χ0) is 20.1. The van der Waals surface area contributed by atoms with Crippen LogP contribution < -0.4 is 10.2 Å². The molecule has 1 fully saturated rings. The highest BCUT2D eigenvalue weighted by Crippen LogP contribution is 2.19. The van der Waals surface area contributed by atoms with E-state index in [1.54, 1.807) is 24.2 Å². The smallest absolute Gasteiger partial charge is 0.251 e. The molecule has 1 aliphatic rings. The number of benzene rings is 1. The molecule has 1 amide bonds. The van der Waals surface area contributed by atoms with E-state index in [0.29, 0.717) is 25.3 Å². The van der Waals surface area contributed by atoms with Crippen LogP contribution in [0, 0.1) is 0 Å². The van der Waals surface area contributed by atoms with E-state index in [4.69, 9.17) is 4.74 Å². The van der Waals surface area contributed by atoms with Crippen molar-refractivity contribution >= 4 is 23.5 Å². The minimum Gasteiger partial charge on any atom is -0.378 e. The zero-order valence-corrected chi connectivity index (χ0v) is 17.1. The molecule has 1 aliphatic heterocycles. The van der Waals surface area contributed by atoms with Crippen LogP contribution in [0.2, 0.25) is 0 Å². The molecular formula is C21H23N5O2S. The Morgan fingerprint density at radius 1 is 1.17 bits per heavy atom.